The molecule has 0 saturated carbocycles. The lowest BCUT2D eigenvalue weighted by Gasteiger charge is -2.14. The number of nitrogens with zero attached hydrogens (tertiary/aromatic N) is 4. The zero-order valence-corrected chi connectivity index (χ0v) is 14.8. The molecule has 0 saturated heterocycles. The Bertz CT molecular complexity index is 975. The molecule has 26 heavy (non-hydrogen) atoms. The summed E-state index contributed by atoms with van der Waals surface area (Å²) in [5, 5.41) is 7.73. The fraction of sp³-hybridized carbons (Fsp3) is 0.278. The number of H-pyrrole nitrogens is 1. The quantitative estimate of drug-likeness (QED) is 0.752. The highest BCUT2D eigenvalue weighted by Crippen LogP contribution is 2.14. The van der Waals surface area contributed by atoms with Crippen LogP contribution in [0.5, 0.6) is 0 Å². The standard InChI is InChI=1S/C18H19N5O3/c1-4-14-21-22-15(26-14)10-23(3)18(25)13-9-19-16(20-17(13)24)12-7-5-11(2)6-8-12/h5-9H,4,10H2,1-3H3,(H,19,20,24). The van der Waals surface area contributed by atoms with Crippen LogP contribution in [0, 0.1) is 6.92 Å². The summed E-state index contributed by atoms with van der Waals surface area (Å²) in [6.45, 7) is 3.99. The van der Waals surface area contributed by atoms with Gasteiger partial charge >= 0.3 is 0 Å². The van der Waals surface area contributed by atoms with Crippen molar-refractivity contribution < 1.29 is 9.21 Å². The molecular weight excluding hydrogens is 334 g/mol. The third-order valence-corrected chi connectivity index (χ3v) is 3.88. The van der Waals surface area contributed by atoms with Gasteiger partial charge in [0.25, 0.3) is 11.5 Å². The van der Waals surface area contributed by atoms with Gasteiger partial charge in [-0.15, -0.1) is 10.2 Å². The molecule has 1 aromatic carbocycles. The summed E-state index contributed by atoms with van der Waals surface area (Å²) in [6, 6.07) is 7.58. The Labute approximate surface area is 149 Å². The predicted octanol–water partition coefficient (Wildman–Crippen LogP) is 1.96. The molecule has 0 fully saturated rings. The highest BCUT2D eigenvalue weighted by molar-refractivity contribution is 5.93. The van der Waals surface area contributed by atoms with E-state index in [0.717, 1.165) is 11.1 Å². The summed E-state index contributed by atoms with van der Waals surface area (Å²) in [5.74, 6) is 0.769. The molecule has 2 heterocycles. The molecule has 3 aromatic rings. The van der Waals surface area contributed by atoms with Crippen molar-refractivity contribution in [3.05, 3.63) is 63.7 Å². The van der Waals surface area contributed by atoms with Crippen molar-refractivity contribution in [2.75, 3.05) is 7.05 Å². The third-order valence-electron chi connectivity index (χ3n) is 3.88. The second-order valence-electron chi connectivity index (χ2n) is 5.94. The van der Waals surface area contributed by atoms with Gasteiger partial charge in [0.1, 0.15) is 11.4 Å². The molecule has 3 rings (SSSR count). The summed E-state index contributed by atoms with van der Waals surface area (Å²) < 4.78 is 5.39. The average Bonchev–Trinajstić information content (AvgIpc) is 3.09. The van der Waals surface area contributed by atoms with E-state index in [4.69, 9.17) is 4.42 Å². The van der Waals surface area contributed by atoms with Gasteiger partial charge in [-0.3, -0.25) is 9.59 Å². The number of aromatic nitrogens is 4. The van der Waals surface area contributed by atoms with Crippen LogP contribution in [0.1, 0.15) is 34.6 Å². The van der Waals surface area contributed by atoms with Crippen LogP contribution in [-0.2, 0) is 13.0 Å². The first-order chi connectivity index (χ1) is 12.5. The number of rotatable bonds is 5. The second-order valence-corrected chi connectivity index (χ2v) is 5.94. The molecule has 8 heteroatoms. The third kappa shape index (κ3) is 3.69. The van der Waals surface area contributed by atoms with Crippen molar-refractivity contribution in [3.8, 4) is 11.4 Å². The molecule has 0 aliphatic heterocycles. The Balaban J connectivity index is 1.78. The highest BCUT2D eigenvalue weighted by Gasteiger charge is 2.19. The summed E-state index contributed by atoms with van der Waals surface area (Å²) in [7, 11) is 1.56. The summed E-state index contributed by atoms with van der Waals surface area (Å²) >= 11 is 0. The molecule has 0 unspecified atom stereocenters. The molecule has 0 aliphatic carbocycles. The Morgan fingerprint density at radius 1 is 1.19 bits per heavy atom. The van der Waals surface area contributed by atoms with Crippen LogP contribution < -0.4 is 5.56 Å². The smallest absolute Gasteiger partial charge is 0.264 e. The molecule has 2 aromatic heterocycles. The molecule has 0 spiro atoms. The van der Waals surface area contributed by atoms with Crippen LogP contribution in [0.15, 0.2) is 39.7 Å². The topological polar surface area (TPSA) is 105 Å². The maximum atomic E-state index is 12.5. The maximum absolute atomic E-state index is 12.5. The minimum atomic E-state index is -0.493. The first kappa shape index (κ1) is 17.5. The number of benzene rings is 1. The lowest BCUT2D eigenvalue weighted by molar-refractivity contribution is 0.0770. The Hall–Kier alpha value is -3.29. The Morgan fingerprint density at radius 2 is 1.88 bits per heavy atom. The lowest BCUT2D eigenvalue weighted by Crippen LogP contribution is -2.31. The predicted molar refractivity (Wildman–Crippen MR) is 94.5 cm³/mol. The number of nitrogens with one attached hydrogen (secondary N) is 1. The van der Waals surface area contributed by atoms with Crippen molar-refractivity contribution in [3.63, 3.8) is 0 Å². The monoisotopic (exact) mass is 353 g/mol. The van der Waals surface area contributed by atoms with E-state index >= 15 is 0 Å². The van der Waals surface area contributed by atoms with Crippen molar-refractivity contribution in [1.29, 1.82) is 0 Å². The normalized spacial score (nSPS) is 10.7. The first-order valence-electron chi connectivity index (χ1n) is 8.21. The van der Waals surface area contributed by atoms with E-state index in [1.54, 1.807) is 7.05 Å². The van der Waals surface area contributed by atoms with Gasteiger partial charge in [-0.2, -0.15) is 0 Å². The molecule has 0 aliphatic rings. The van der Waals surface area contributed by atoms with Crippen molar-refractivity contribution in [1.82, 2.24) is 25.1 Å². The number of hydrogen-bond donors (Lipinski definition) is 1. The van der Waals surface area contributed by atoms with E-state index in [0.29, 0.717) is 24.0 Å². The molecule has 134 valence electrons. The molecule has 0 bridgehead atoms. The molecule has 0 radical (unpaired) electrons. The van der Waals surface area contributed by atoms with E-state index < -0.39 is 11.5 Å². The largest absolute Gasteiger partial charge is 0.423 e. The molecule has 0 atom stereocenters. The summed E-state index contributed by atoms with van der Waals surface area (Å²) in [6.07, 6.45) is 1.91. The number of carbonyl (C=O) groups is 1. The van der Waals surface area contributed by atoms with Crippen LogP contribution in [0.2, 0.25) is 0 Å². The number of carbonyl (C=O) groups excluding carboxylic acids is 1. The van der Waals surface area contributed by atoms with Gasteiger partial charge in [-0.05, 0) is 6.92 Å². The van der Waals surface area contributed by atoms with E-state index in [2.05, 4.69) is 20.2 Å². The fourth-order valence-corrected chi connectivity index (χ4v) is 2.38. The van der Waals surface area contributed by atoms with Crippen molar-refractivity contribution in [2.45, 2.75) is 26.8 Å². The van der Waals surface area contributed by atoms with Crippen molar-refractivity contribution in [2.24, 2.45) is 0 Å². The van der Waals surface area contributed by atoms with Gasteiger partial charge in [0, 0.05) is 25.2 Å². The van der Waals surface area contributed by atoms with Gasteiger partial charge in [0.05, 0.1) is 6.54 Å². The second kappa shape index (κ2) is 7.30. The first-order valence-corrected chi connectivity index (χ1v) is 8.21. The molecular formula is C18H19N5O3. The van der Waals surface area contributed by atoms with Crippen LogP contribution in [-0.4, -0.2) is 38.0 Å². The maximum Gasteiger partial charge on any atom is 0.264 e. The number of aryl methyl sites for hydroxylation is 2. The van der Waals surface area contributed by atoms with E-state index in [1.807, 2.05) is 38.1 Å². The van der Waals surface area contributed by atoms with Crippen LogP contribution in [0.25, 0.3) is 11.4 Å². The Kier molecular flexibility index (Phi) is 4.92. The lowest BCUT2D eigenvalue weighted by atomic mass is 10.1. The number of aromatic amines is 1. The average molecular weight is 353 g/mol. The van der Waals surface area contributed by atoms with Gasteiger partial charge in [-0.1, -0.05) is 36.8 Å². The van der Waals surface area contributed by atoms with Crippen LogP contribution in [0.4, 0.5) is 0 Å². The number of hydrogen-bond acceptors (Lipinski definition) is 6. The summed E-state index contributed by atoms with van der Waals surface area (Å²) in [5.41, 5.74) is 1.35. The van der Waals surface area contributed by atoms with Crippen LogP contribution >= 0.6 is 0 Å². The highest BCUT2D eigenvalue weighted by atomic mass is 16.4. The van der Waals surface area contributed by atoms with E-state index in [9.17, 15) is 9.59 Å². The molecule has 1 N–H and O–H groups in total. The van der Waals surface area contributed by atoms with Gasteiger partial charge in [0.2, 0.25) is 11.8 Å². The zero-order valence-electron chi connectivity index (χ0n) is 14.8. The minimum absolute atomic E-state index is 0.0430. The number of amides is 1. The van der Waals surface area contributed by atoms with E-state index in [-0.39, 0.29) is 12.1 Å². The fourth-order valence-electron chi connectivity index (χ4n) is 2.38. The van der Waals surface area contributed by atoms with Crippen molar-refractivity contribution >= 4 is 5.91 Å². The zero-order chi connectivity index (χ0) is 18.7. The van der Waals surface area contributed by atoms with E-state index in [1.165, 1.54) is 11.1 Å². The Morgan fingerprint density at radius 3 is 2.50 bits per heavy atom. The summed E-state index contributed by atoms with van der Waals surface area (Å²) in [4.78, 5) is 33.1. The SMILES string of the molecule is CCc1nnc(CN(C)C(=O)c2cnc(-c3ccc(C)cc3)[nH]c2=O)o1. The van der Waals surface area contributed by atoms with Gasteiger partial charge in [0.15, 0.2) is 0 Å². The van der Waals surface area contributed by atoms with Crippen LogP contribution in [0.3, 0.4) is 0 Å². The molecule has 8 nitrogen and oxygen atoms in total. The van der Waals surface area contributed by atoms with Gasteiger partial charge < -0.3 is 14.3 Å². The molecule has 1 amide bonds. The van der Waals surface area contributed by atoms with Gasteiger partial charge in [-0.25, -0.2) is 4.98 Å². The minimum Gasteiger partial charge on any atom is -0.423 e.